The lowest BCUT2D eigenvalue weighted by atomic mass is 9.98. The Morgan fingerprint density at radius 2 is 1.35 bits per heavy atom. The molecular weight excluding hydrogens is 345 g/mol. The van der Waals surface area contributed by atoms with Crippen molar-refractivity contribution in [1.82, 2.24) is 0 Å². The number of halogens is 3. The van der Waals surface area contributed by atoms with Crippen LogP contribution in [0.2, 0.25) is 0 Å². The average molecular weight is 358 g/mol. The first-order chi connectivity index (χ1) is 12.3. The molecule has 3 nitrogen and oxygen atoms in total. The highest BCUT2D eigenvalue weighted by molar-refractivity contribution is 5.93. The van der Waals surface area contributed by atoms with Crippen LogP contribution in [0.3, 0.4) is 0 Å². The molecule has 3 aromatic carbocycles. The fourth-order valence-electron chi connectivity index (χ4n) is 2.60. The summed E-state index contributed by atoms with van der Waals surface area (Å²) in [5.41, 5.74) is 2.51. The maximum absolute atomic E-state index is 12.4. The van der Waals surface area contributed by atoms with Gasteiger partial charge in [0.05, 0.1) is 0 Å². The number of alkyl halides is 3. The number of hydrogen-bond acceptors (Lipinski definition) is 2. The maximum atomic E-state index is 12.4. The molecule has 0 heterocycles. The molecule has 6 heteroatoms. The number of hydrogen-bond donors (Lipinski definition) is 1. The van der Waals surface area contributed by atoms with Crippen LogP contribution >= 0.6 is 0 Å². The zero-order valence-electron chi connectivity index (χ0n) is 13.3. The van der Waals surface area contributed by atoms with Gasteiger partial charge in [0.15, 0.2) is 0 Å². The SMILES string of the molecule is O=C(O)c1cc(-c2cccc(-c3ccccc3)c2)ccc1OC(F)(F)F. The van der Waals surface area contributed by atoms with Crippen molar-refractivity contribution in [2.45, 2.75) is 6.36 Å². The zero-order valence-corrected chi connectivity index (χ0v) is 13.3. The van der Waals surface area contributed by atoms with Gasteiger partial charge in [-0.05, 0) is 40.5 Å². The second-order valence-electron chi connectivity index (χ2n) is 5.51. The number of ether oxygens (including phenoxy) is 1. The smallest absolute Gasteiger partial charge is 0.478 e. The van der Waals surface area contributed by atoms with E-state index in [-0.39, 0.29) is 0 Å². The van der Waals surface area contributed by atoms with Crippen LogP contribution in [0.1, 0.15) is 10.4 Å². The summed E-state index contributed by atoms with van der Waals surface area (Å²) < 4.78 is 41.1. The van der Waals surface area contributed by atoms with Crippen LogP contribution in [0, 0.1) is 0 Å². The van der Waals surface area contributed by atoms with Crippen molar-refractivity contribution in [3.05, 3.63) is 78.4 Å². The molecule has 0 unspecified atom stereocenters. The molecule has 0 radical (unpaired) electrons. The van der Waals surface area contributed by atoms with E-state index in [9.17, 15) is 23.1 Å². The number of benzene rings is 3. The topological polar surface area (TPSA) is 46.5 Å². The third-order valence-corrected chi connectivity index (χ3v) is 3.74. The molecule has 0 fully saturated rings. The van der Waals surface area contributed by atoms with E-state index in [0.717, 1.165) is 17.2 Å². The third-order valence-electron chi connectivity index (χ3n) is 3.74. The molecule has 3 aromatic rings. The molecule has 132 valence electrons. The summed E-state index contributed by atoms with van der Waals surface area (Å²) in [6, 6.07) is 20.5. The Hall–Kier alpha value is -3.28. The Balaban J connectivity index is 2.02. The van der Waals surface area contributed by atoms with Crippen LogP contribution in [0.5, 0.6) is 5.75 Å². The molecule has 0 bridgehead atoms. The predicted octanol–water partition coefficient (Wildman–Crippen LogP) is 5.62. The summed E-state index contributed by atoms with van der Waals surface area (Å²) in [5.74, 6) is -2.24. The molecule has 0 saturated heterocycles. The molecule has 0 aromatic heterocycles. The van der Waals surface area contributed by atoms with E-state index < -0.39 is 23.6 Å². The van der Waals surface area contributed by atoms with Gasteiger partial charge in [-0.15, -0.1) is 13.2 Å². The Bertz CT molecular complexity index is 935. The van der Waals surface area contributed by atoms with Crippen LogP contribution in [0.15, 0.2) is 72.8 Å². The van der Waals surface area contributed by atoms with Crippen molar-refractivity contribution in [1.29, 1.82) is 0 Å². The van der Waals surface area contributed by atoms with Crippen LogP contribution in [-0.2, 0) is 0 Å². The zero-order chi connectivity index (χ0) is 18.7. The molecule has 0 amide bonds. The molecular formula is C20H13F3O3. The minimum Gasteiger partial charge on any atom is -0.478 e. The van der Waals surface area contributed by atoms with Gasteiger partial charge >= 0.3 is 12.3 Å². The summed E-state index contributed by atoms with van der Waals surface area (Å²) in [4.78, 5) is 11.3. The first-order valence-electron chi connectivity index (χ1n) is 7.62. The van der Waals surface area contributed by atoms with Gasteiger partial charge in [0, 0.05) is 0 Å². The van der Waals surface area contributed by atoms with Gasteiger partial charge in [-0.2, -0.15) is 0 Å². The largest absolute Gasteiger partial charge is 0.573 e. The molecule has 0 atom stereocenters. The number of rotatable bonds is 4. The minimum atomic E-state index is -4.96. The summed E-state index contributed by atoms with van der Waals surface area (Å²) >= 11 is 0. The van der Waals surface area contributed by atoms with E-state index in [0.29, 0.717) is 11.1 Å². The highest BCUT2D eigenvalue weighted by atomic mass is 19.4. The van der Waals surface area contributed by atoms with Gasteiger partial charge in [0.1, 0.15) is 11.3 Å². The summed E-state index contributed by atoms with van der Waals surface area (Å²) in [6.07, 6.45) is -4.96. The van der Waals surface area contributed by atoms with Gasteiger partial charge in [-0.1, -0.05) is 54.6 Å². The van der Waals surface area contributed by atoms with Crippen LogP contribution in [0.25, 0.3) is 22.3 Å². The van der Waals surface area contributed by atoms with Crippen molar-refractivity contribution in [2.24, 2.45) is 0 Å². The second kappa shape index (κ2) is 6.92. The fourth-order valence-corrected chi connectivity index (χ4v) is 2.60. The standard InChI is InChI=1S/C20H13F3O3/c21-20(22,23)26-18-10-9-16(12-17(18)19(24)25)15-8-4-7-14(11-15)13-5-2-1-3-6-13/h1-12H,(H,24,25). The predicted molar refractivity (Wildman–Crippen MR) is 91.0 cm³/mol. The first-order valence-corrected chi connectivity index (χ1v) is 7.62. The lowest BCUT2D eigenvalue weighted by Gasteiger charge is -2.13. The van der Waals surface area contributed by atoms with E-state index in [1.807, 2.05) is 42.5 Å². The van der Waals surface area contributed by atoms with Gasteiger partial charge < -0.3 is 9.84 Å². The Morgan fingerprint density at radius 3 is 1.96 bits per heavy atom. The van der Waals surface area contributed by atoms with E-state index in [1.54, 1.807) is 12.1 Å². The summed E-state index contributed by atoms with van der Waals surface area (Å²) in [5, 5.41) is 9.22. The second-order valence-corrected chi connectivity index (χ2v) is 5.51. The van der Waals surface area contributed by atoms with Gasteiger partial charge in [0.2, 0.25) is 0 Å². The lowest BCUT2D eigenvalue weighted by Crippen LogP contribution is -2.19. The number of carbonyl (C=O) groups is 1. The monoisotopic (exact) mass is 358 g/mol. The molecule has 3 rings (SSSR count). The van der Waals surface area contributed by atoms with E-state index in [2.05, 4.69) is 4.74 Å². The van der Waals surface area contributed by atoms with Gasteiger partial charge in [0.25, 0.3) is 0 Å². The van der Waals surface area contributed by atoms with Gasteiger partial charge in [-0.3, -0.25) is 0 Å². The van der Waals surface area contributed by atoms with E-state index in [4.69, 9.17) is 0 Å². The number of carboxylic acids is 1. The molecule has 0 spiro atoms. The van der Waals surface area contributed by atoms with Crippen LogP contribution in [-0.4, -0.2) is 17.4 Å². The Labute approximate surface area is 147 Å². The lowest BCUT2D eigenvalue weighted by molar-refractivity contribution is -0.274. The molecule has 0 aliphatic rings. The number of carboxylic acid groups (broad SMARTS) is 1. The highest BCUT2D eigenvalue weighted by Crippen LogP contribution is 2.32. The van der Waals surface area contributed by atoms with Crippen molar-refractivity contribution in [2.75, 3.05) is 0 Å². The van der Waals surface area contributed by atoms with Gasteiger partial charge in [-0.25, -0.2) is 4.79 Å². The van der Waals surface area contributed by atoms with Crippen molar-refractivity contribution < 1.29 is 27.8 Å². The van der Waals surface area contributed by atoms with Crippen LogP contribution in [0.4, 0.5) is 13.2 Å². The Morgan fingerprint density at radius 1 is 0.769 bits per heavy atom. The fraction of sp³-hybridized carbons (Fsp3) is 0.0500. The highest BCUT2D eigenvalue weighted by Gasteiger charge is 2.33. The third kappa shape index (κ3) is 4.03. The maximum Gasteiger partial charge on any atom is 0.573 e. The van der Waals surface area contributed by atoms with Crippen molar-refractivity contribution in [3.8, 4) is 28.0 Å². The average Bonchev–Trinajstić information content (AvgIpc) is 2.61. The first kappa shape index (κ1) is 17.5. The van der Waals surface area contributed by atoms with Crippen molar-refractivity contribution >= 4 is 5.97 Å². The molecule has 26 heavy (non-hydrogen) atoms. The van der Waals surface area contributed by atoms with Crippen LogP contribution < -0.4 is 4.74 Å². The number of aromatic carboxylic acids is 1. The molecule has 0 aliphatic carbocycles. The quantitative estimate of drug-likeness (QED) is 0.659. The molecule has 0 saturated carbocycles. The molecule has 1 N–H and O–H groups in total. The van der Waals surface area contributed by atoms with Crippen molar-refractivity contribution in [3.63, 3.8) is 0 Å². The normalized spacial score (nSPS) is 11.2. The van der Waals surface area contributed by atoms with E-state index >= 15 is 0 Å². The Kier molecular flexibility index (Phi) is 4.67. The summed E-state index contributed by atoms with van der Waals surface area (Å²) in [7, 11) is 0. The summed E-state index contributed by atoms with van der Waals surface area (Å²) in [6.45, 7) is 0. The van der Waals surface area contributed by atoms with E-state index in [1.165, 1.54) is 12.1 Å². The minimum absolute atomic E-state index is 0.481. The molecule has 0 aliphatic heterocycles.